The van der Waals surface area contributed by atoms with E-state index < -0.39 is 9.85 Å². The van der Waals surface area contributed by atoms with E-state index in [4.69, 9.17) is 14.0 Å². The molecule has 2 heterocycles. The number of hydrogen-bond acceptors (Lipinski definition) is 9. The van der Waals surface area contributed by atoms with Gasteiger partial charge in [-0.15, -0.1) is 0 Å². The molecule has 0 fully saturated rings. The minimum Gasteiger partial charge on any atom is -0.493 e. The highest BCUT2D eigenvalue weighted by Gasteiger charge is 2.22. The molecule has 0 N–H and O–H groups in total. The van der Waals surface area contributed by atoms with Crippen LogP contribution >= 0.6 is 0 Å². The Morgan fingerprint density at radius 1 is 1.07 bits per heavy atom. The fourth-order valence-corrected chi connectivity index (χ4v) is 2.41. The molecule has 0 bridgehead atoms. The summed E-state index contributed by atoms with van der Waals surface area (Å²) in [7, 11) is 1.45. The number of nitrogens with zero attached hydrogens (tertiary/aromatic N) is 4. The van der Waals surface area contributed by atoms with Crippen molar-refractivity contribution in [2.24, 2.45) is 0 Å². The number of methoxy groups -OCH3 is 1. The van der Waals surface area contributed by atoms with Gasteiger partial charge >= 0.3 is 5.69 Å². The van der Waals surface area contributed by atoms with Gasteiger partial charge in [-0.2, -0.15) is 0 Å². The van der Waals surface area contributed by atoms with Crippen LogP contribution in [-0.2, 0) is 0 Å². The molecule has 0 aliphatic heterocycles. The predicted molar refractivity (Wildman–Crippen MR) is 101 cm³/mol. The second kappa shape index (κ2) is 8.17. The molecule has 148 valence electrons. The summed E-state index contributed by atoms with van der Waals surface area (Å²) in [6, 6.07) is 7.59. The van der Waals surface area contributed by atoms with Crippen LogP contribution in [0.25, 0.3) is 12.2 Å². The highest BCUT2D eigenvalue weighted by atomic mass is 16.6. The standard InChI is InChI=1S/C18H14N4O7/c1-11-18(22(25)26)15(29-20-11)7-4-12-3-6-14(16(9-12)27-2)28-17-8-5-13(10-19-17)21(23)24/h3-10H,1-2H3/b7-4-. The van der Waals surface area contributed by atoms with Gasteiger partial charge in [-0.1, -0.05) is 17.3 Å². The second-order valence-corrected chi connectivity index (χ2v) is 5.70. The van der Waals surface area contributed by atoms with Crippen molar-refractivity contribution in [1.82, 2.24) is 10.1 Å². The monoisotopic (exact) mass is 398 g/mol. The number of aromatic nitrogens is 2. The molecule has 11 nitrogen and oxygen atoms in total. The minimum absolute atomic E-state index is 0.0295. The number of nitro groups is 2. The van der Waals surface area contributed by atoms with Crippen molar-refractivity contribution in [3.63, 3.8) is 0 Å². The Bertz CT molecular complexity index is 1090. The largest absolute Gasteiger partial charge is 0.493 e. The van der Waals surface area contributed by atoms with E-state index in [0.717, 1.165) is 6.20 Å². The third-order valence-corrected chi connectivity index (χ3v) is 3.80. The summed E-state index contributed by atoms with van der Waals surface area (Å²) in [4.78, 5) is 24.5. The van der Waals surface area contributed by atoms with Gasteiger partial charge < -0.3 is 14.0 Å². The predicted octanol–water partition coefficient (Wildman–Crippen LogP) is 4.17. The molecule has 11 heteroatoms. The maximum absolute atomic E-state index is 11.1. The molecule has 0 saturated carbocycles. The van der Waals surface area contributed by atoms with Gasteiger partial charge in [0.15, 0.2) is 17.2 Å². The summed E-state index contributed by atoms with van der Waals surface area (Å²) < 4.78 is 15.9. The Morgan fingerprint density at radius 3 is 2.48 bits per heavy atom. The maximum Gasteiger partial charge on any atom is 0.338 e. The maximum atomic E-state index is 11.1. The normalized spacial score (nSPS) is 10.8. The minimum atomic E-state index is -0.557. The topological polar surface area (TPSA) is 144 Å². The van der Waals surface area contributed by atoms with E-state index in [1.54, 1.807) is 24.3 Å². The molecule has 0 unspecified atom stereocenters. The van der Waals surface area contributed by atoms with Gasteiger partial charge in [-0.05, 0) is 30.7 Å². The average Bonchev–Trinajstić information content (AvgIpc) is 3.08. The molecule has 3 rings (SSSR count). The lowest BCUT2D eigenvalue weighted by atomic mass is 10.1. The third-order valence-electron chi connectivity index (χ3n) is 3.80. The molecule has 0 atom stereocenters. The zero-order valence-corrected chi connectivity index (χ0v) is 15.3. The van der Waals surface area contributed by atoms with Crippen LogP contribution in [0.15, 0.2) is 41.1 Å². The van der Waals surface area contributed by atoms with Gasteiger partial charge in [0.2, 0.25) is 11.6 Å². The lowest BCUT2D eigenvalue weighted by molar-refractivity contribution is -0.386. The summed E-state index contributed by atoms with van der Waals surface area (Å²) in [5.74, 6) is 0.898. The summed E-state index contributed by atoms with van der Waals surface area (Å²) in [6.45, 7) is 1.49. The highest BCUT2D eigenvalue weighted by molar-refractivity contribution is 5.72. The van der Waals surface area contributed by atoms with Crippen LogP contribution in [0.1, 0.15) is 17.0 Å². The zero-order chi connectivity index (χ0) is 21.0. The Kier molecular flexibility index (Phi) is 5.49. The Morgan fingerprint density at radius 2 is 1.86 bits per heavy atom. The van der Waals surface area contributed by atoms with Crippen molar-refractivity contribution in [2.45, 2.75) is 6.92 Å². The van der Waals surface area contributed by atoms with Crippen LogP contribution in [0.5, 0.6) is 17.4 Å². The fraction of sp³-hybridized carbons (Fsp3) is 0.111. The lowest BCUT2D eigenvalue weighted by Crippen LogP contribution is -1.94. The second-order valence-electron chi connectivity index (χ2n) is 5.70. The molecule has 1 aromatic carbocycles. The van der Waals surface area contributed by atoms with Gasteiger partial charge in [0.25, 0.3) is 5.69 Å². The number of rotatable bonds is 7. The zero-order valence-electron chi connectivity index (χ0n) is 15.3. The Hall–Kier alpha value is -4.28. The van der Waals surface area contributed by atoms with E-state index in [2.05, 4.69) is 10.1 Å². The van der Waals surface area contributed by atoms with E-state index in [0.29, 0.717) is 17.1 Å². The van der Waals surface area contributed by atoms with E-state index in [-0.39, 0.29) is 28.7 Å². The van der Waals surface area contributed by atoms with Crippen LogP contribution in [0, 0.1) is 27.2 Å². The summed E-state index contributed by atoms with van der Waals surface area (Å²) >= 11 is 0. The first kappa shape index (κ1) is 19.5. The van der Waals surface area contributed by atoms with Gasteiger partial charge in [0.05, 0.1) is 17.0 Å². The molecule has 0 amide bonds. The third kappa shape index (κ3) is 4.35. The number of pyridine rings is 1. The van der Waals surface area contributed by atoms with Crippen LogP contribution in [0.3, 0.4) is 0 Å². The lowest BCUT2D eigenvalue weighted by Gasteiger charge is -2.10. The molecule has 29 heavy (non-hydrogen) atoms. The van der Waals surface area contributed by atoms with Crippen molar-refractivity contribution < 1.29 is 23.8 Å². The fourth-order valence-electron chi connectivity index (χ4n) is 2.41. The molecular formula is C18H14N4O7. The number of ether oxygens (including phenoxy) is 2. The molecule has 0 saturated heterocycles. The van der Waals surface area contributed by atoms with Gasteiger partial charge in [-0.25, -0.2) is 4.98 Å². The van der Waals surface area contributed by atoms with Crippen molar-refractivity contribution in [3.8, 4) is 17.4 Å². The van der Waals surface area contributed by atoms with Crippen LogP contribution in [0.4, 0.5) is 11.4 Å². The SMILES string of the molecule is COc1cc(/C=C\c2onc(C)c2[N+](=O)[O-])ccc1Oc1ccc([N+](=O)[O-])cn1. The molecule has 0 aliphatic rings. The van der Waals surface area contributed by atoms with Crippen molar-refractivity contribution >= 4 is 23.5 Å². The Balaban J connectivity index is 1.82. The van der Waals surface area contributed by atoms with Gasteiger partial charge in [0, 0.05) is 12.1 Å². The average molecular weight is 398 g/mol. The number of aryl methyl sites for hydroxylation is 1. The molecule has 3 aromatic rings. The van der Waals surface area contributed by atoms with Crippen LogP contribution < -0.4 is 9.47 Å². The van der Waals surface area contributed by atoms with Crippen LogP contribution in [0.2, 0.25) is 0 Å². The van der Waals surface area contributed by atoms with Crippen molar-refractivity contribution in [3.05, 3.63) is 73.8 Å². The highest BCUT2D eigenvalue weighted by Crippen LogP contribution is 2.33. The molecule has 0 spiro atoms. The molecule has 2 aromatic heterocycles. The number of hydrogen-bond donors (Lipinski definition) is 0. The summed E-state index contributed by atoms with van der Waals surface area (Å²) in [6.07, 6.45) is 4.12. The van der Waals surface area contributed by atoms with Gasteiger partial charge in [0.1, 0.15) is 6.20 Å². The number of benzene rings is 1. The van der Waals surface area contributed by atoms with Gasteiger partial charge in [-0.3, -0.25) is 20.2 Å². The smallest absolute Gasteiger partial charge is 0.338 e. The molecular weight excluding hydrogens is 384 g/mol. The van der Waals surface area contributed by atoms with E-state index in [1.807, 2.05) is 0 Å². The first-order chi connectivity index (χ1) is 13.9. The first-order valence-electron chi connectivity index (χ1n) is 8.14. The summed E-state index contributed by atoms with van der Waals surface area (Å²) in [5.41, 5.74) is 0.500. The summed E-state index contributed by atoms with van der Waals surface area (Å²) in [5, 5.41) is 25.4. The first-order valence-corrected chi connectivity index (χ1v) is 8.14. The van der Waals surface area contributed by atoms with E-state index in [9.17, 15) is 20.2 Å². The molecule has 0 aliphatic carbocycles. The van der Waals surface area contributed by atoms with E-state index in [1.165, 1.54) is 32.2 Å². The van der Waals surface area contributed by atoms with E-state index >= 15 is 0 Å². The van der Waals surface area contributed by atoms with Crippen molar-refractivity contribution in [2.75, 3.05) is 7.11 Å². The van der Waals surface area contributed by atoms with Crippen LogP contribution in [-0.4, -0.2) is 27.1 Å². The quantitative estimate of drug-likeness (QED) is 0.423. The van der Waals surface area contributed by atoms with Crippen molar-refractivity contribution in [1.29, 1.82) is 0 Å². The Labute approximate surface area is 163 Å². The molecule has 0 radical (unpaired) electrons.